The quantitative estimate of drug-likeness (QED) is 0.742. The fourth-order valence-corrected chi connectivity index (χ4v) is 1.53. The van der Waals surface area contributed by atoms with Gasteiger partial charge in [-0.2, -0.15) is 0 Å². The normalized spacial score (nSPS) is 10.0. The van der Waals surface area contributed by atoms with Gasteiger partial charge in [0.15, 0.2) is 0 Å². The second-order valence-corrected chi connectivity index (χ2v) is 3.51. The van der Waals surface area contributed by atoms with E-state index in [1.54, 1.807) is 12.5 Å². The summed E-state index contributed by atoms with van der Waals surface area (Å²) in [5.74, 6) is 0. The molecule has 0 unspecified atom stereocenters. The first-order chi connectivity index (χ1) is 7.29. The minimum absolute atomic E-state index is 0.953. The van der Waals surface area contributed by atoms with Crippen molar-refractivity contribution < 1.29 is 0 Å². The Hall–Kier alpha value is -1.90. The molecule has 0 saturated carbocycles. The smallest absolute Gasteiger partial charge is 0.116 e. The van der Waals surface area contributed by atoms with Gasteiger partial charge in [-0.15, -0.1) is 0 Å². The lowest BCUT2D eigenvalue weighted by molar-refractivity contribution is 1.12. The Morgan fingerprint density at radius 3 is 2.53 bits per heavy atom. The molecule has 0 aliphatic rings. The molecule has 0 saturated heterocycles. The van der Waals surface area contributed by atoms with Crippen LogP contribution in [0.1, 0.15) is 0 Å². The zero-order valence-corrected chi connectivity index (χ0v) is 8.88. The van der Waals surface area contributed by atoms with E-state index in [9.17, 15) is 0 Å². The lowest BCUT2D eigenvalue weighted by atomic mass is 10.1. The molecule has 0 bridgehead atoms. The van der Waals surface area contributed by atoms with Crippen molar-refractivity contribution in [3.63, 3.8) is 0 Å². The maximum absolute atomic E-state index is 4.25. The number of benzene rings is 1. The Bertz CT molecular complexity index is 438. The van der Waals surface area contributed by atoms with Crippen LogP contribution in [0.2, 0.25) is 0 Å². The summed E-state index contributed by atoms with van der Waals surface area (Å²) in [6.45, 7) is 0. The first-order valence-electron chi connectivity index (χ1n) is 4.82. The number of aromatic nitrogens is 2. The monoisotopic (exact) mass is 199 g/mol. The molecule has 2 aromatic rings. The predicted octanol–water partition coefficient (Wildman–Crippen LogP) is 2.21. The third kappa shape index (κ3) is 1.96. The van der Waals surface area contributed by atoms with E-state index in [0.29, 0.717) is 0 Å². The first kappa shape index (κ1) is 9.65. The van der Waals surface area contributed by atoms with E-state index in [1.165, 1.54) is 0 Å². The lowest BCUT2D eigenvalue weighted by Gasteiger charge is -2.16. The molecule has 0 aliphatic carbocycles. The largest absolute Gasteiger partial charge is 0.377 e. The Kier molecular flexibility index (Phi) is 2.63. The van der Waals surface area contributed by atoms with Gasteiger partial charge in [-0.3, -0.25) is 0 Å². The zero-order chi connectivity index (χ0) is 10.7. The molecule has 0 N–H and O–H groups in total. The van der Waals surface area contributed by atoms with Gasteiger partial charge in [0.2, 0.25) is 0 Å². The number of nitrogens with zero attached hydrogens (tertiary/aromatic N) is 3. The van der Waals surface area contributed by atoms with Gasteiger partial charge >= 0.3 is 0 Å². The SMILES string of the molecule is CN(C)c1ccccc1-c1ccncn1. The second kappa shape index (κ2) is 4.09. The molecule has 3 nitrogen and oxygen atoms in total. The molecule has 0 spiro atoms. The van der Waals surface area contributed by atoms with E-state index in [-0.39, 0.29) is 0 Å². The van der Waals surface area contributed by atoms with Crippen LogP contribution in [0.4, 0.5) is 5.69 Å². The molecule has 2 rings (SSSR count). The number of para-hydroxylation sites is 1. The number of hydrogen-bond acceptors (Lipinski definition) is 3. The van der Waals surface area contributed by atoms with Crippen molar-refractivity contribution in [3.8, 4) is 11.3 Å². The highest BCUT2D eigenvalue weighted by Crippen LogP contribution is 2.27. The molecule has 76 valence electrons. The van der Waals surface area contributed by atoms with E-state index in [1.807, 2.05) is 32.3 Å². The average molecular weight is 199 g/mol. The summed E-state index contributed by atoms with van der Waals surface area (Å²) in [5, 5.41) is 0. The molecular weight excluding hydrogens is 186 g/mol. The molecule has 0 fully saturated rings. The topological polar surface area (TPSA) is 29.0 Å². The average Bonchev–Trinajstić information content (AvgIpc) is 2.30. The van der Waals surface area contributed by atoms with Gasteiger partial charge in [-0.25, -0.2) is 9.97 Å². The van der Waals surface area contributed by atoms with Crippen molar-refractivity contribution in [1.29, 1.82) is 0 Å². The van der Waals surface area contributed by atoms with Crippen LogP contribution >= 0.6 is 0 Å². The van der Waals surface area contributed by atoms with Crippen LogP contribution in [-0.4, -0.2) is 24.1 Å². The molecule has 0 radical (unpaired) electrons. The third-order valence-electron chi connectivity index (χ3n) is 2.24. The van der Waals surface area contributed by atoms with Gasteiger partial charge in [0.25, 0.3) is 0 Å². The molecule has 1 aromatic heterocycles. The maximum atomic E-state index is 4.25. The summed E-state index contributed by atoms with van der Waals surface area (Å²) >= 11 is 0. The highest BCUT2D eigenvalue weighted by Gasteiger charge is 2.05. The van der Waals surface area contributed by atoms with Gasteiger partial charge in [0.1, 0.15) is 6.33 Å². The van der Waals surface area contributed by atoms with Gasteiger partial charge in [-0.1, -0.05) is 18.2 Å². The van der Waals surface area contributed by atoms with Crippen LogP contribution in [0, 0.1) is 0 Å². The van der Waals surface area contributed by atoms with Gasteiger partial charge < -0.3 is 4.90 Å². The first-order valence-corrected chi connectivity index (χ1v) is 4.82. The Morgan fingerprint density at radius 2 is 1.87 bits per heavy atom. The summed E-state index contributed by atoms with van der Waals surface area (Å²) < 4.78 is 0. The standard InChI is InChI=1S/C12H13N3/c1-15(2)12-6-4-3-5-10(12)11-7-8-13-9-14-11/h3-9H,1-2H3. The van der Waals surface area contributed by atoms with E-state index in [0.717, 1.165) is 16.9 Å². The summed E-state index contributed by atoms with van der Waals surface area (Å²) in [6, 6.07) is 10.1. The van der Waals surface area contributed by atoms with Gasteiger partial charge in [0, 0.05) is 31.5 Å². The van der Waals surface area contributed by atoms with Gasteiger partial charge in [-0.05, 0) is 12.1 Å². The van der Waals surface area contributed by atoms with Crippen LogP contribution in [-0.2, 0) is 0 Å². The van der Waals surface area contributed by atoms with Crippen molar-refractivity contribution in [2.75, 3.05) is 19.0 Å². The van der Waals surface area contributed by atoms with E-state index in [4.69, 9.17) is 0 Å². The summed E-state index contributed by atoms with van der Waals surface area (Å²) in [6.07, 6.45) is 3.33. The third-order valence-corrected chi connectivity index (χ3v) is 2.24. The number of anilines is 1. The maximum Gasteiger partial charge on any atom is 0.116 e. The van der Waals surface area contributed by atoms with Crippen molar-refractivity contribution in [3.05, 3.63) is 42.9 Å². The Labute approximate surface area is 89.4 Å². The second-order valence-electron chi connectivity index (χ2n) is 3.51. The Morgan fingerprint density at radius 1 is 1.07 bits per heavy atom. The predicted molar refractivity (Wildman–Crippen MR) is 61.8 cm³/mol. The minimum Gasteiger partial charge on any atom is -0.377 e. The fourth-order valence-electron chi connectivity index (χ4n) is 1.53. The molecule has 0 amide bonds. The highest BCUT2D eigenvalue weighted by molar-refractivity contribution is 5.75. The summed E-state index contributed by atoms with van der Waals surface area (Å²) in [5.41, 5.74) is 3.25. The molecule has 3 heteroatoms. The highest BCUT2D eigenvalue weighted by atomic mass is 15.1. The fraction of sp³-hybridized carbons (Fsp3) is 0.167. The van der Waals surface area contributed by atoms with E-state index >= 15 is 0 Å². The molecular formula is C12H13N3. The lowest BCUT2D eigenvalue weighted by Crippen LogP contribution is -2.09. The van der Waals surface area contributed by atoms with Crippen LogP contribution in [0.25, 0.3) is 11.3 Å². The van der Waals surface area contributed by atoms with Crippen LogP contribution in [0.3, 0.4) is 0 Å². The summed E-state index contributed by atoms with van der Waals surface area (Å²) in [7, 11) is 4.06. The molecule has 1 heterocycles. The number of hydrogen-bond donors (Lipinski definition) is 0. The van der Waals surface area contributed by atoms with Crippen LogP contribution in [0.15, 0.2) is 42.9 Å². The zero-order valence-electron chi connectivity index (χ0n) is 8.88. The Balaban J connectivity index is 2.53. The van der Waals surface area contributed by atoms with Crippen LogP contribution in [0.5, 0.6) is 0 Å². The van der Waals surface area contributed by atoms with E-state index in [2.05, 4.69) is 27.0 Å². The number of rotatable bonds is 2. The van der Waals surface area contributed by atoms with Crippen molar-refractivity contribution in [2.45, 2.75) is 0 Å². The molecule has 0 aliphatic heterocycles. The van der Waals surface area contributed by atoms with Crippen molar-refractivity contribution in [2.24, 2.45) is 0 Å². The van der Waals surface area contributed by atoms with Crippen LogP contribution < -0.4 is 4.90 Å². The summed E-state index contributed by atoms with van der Waals surface area (Å²) in [4.78, 5) is 10.3. The molecule has 1 aromatic carbocycles. The minimum atomic E-state index is 0.953. The molecule has 0 atom stereocenters. The van der Waals surface area contributed by atoms with Crippen molar-refractivity contribution >= 4 is 5.69 Å². The molecule has 15 heavy (non-hydrogen) atoms. The van der Waals surface area contributed by atoms with E-state index < -0.39 is 0 Å². The van der Waals surface area contributed by atoms with Crippen molar-refractivity contribution in [1.82, 2.24) is 9.97 Å². The van der Waals surface area contributed by atoms with Gasteiger partial charge in [0.05, 0.1) is 5.69 Å².